The summed E-state index contributed by atoms with van der Waals surface area (Å²) in [5, 5.41) is 0. The smallest absolute Gasteiger partial charge is 0.152 e. The van der Waals surface area contributed by atoms with Crippen LogP contribution in [0.1, 0.15) is 54.9 Å². The molecule has 0 heterocycles. The summed E-state index contributed by atoms with van der Waals surface area (Å²) in [5.74, 6) is -1.33. The second-order valence-electron chi connectivity index (χ2n) is 6.60. The third-order valence-corrected chi connectivity index (χ3v) is 5.23. The maximum atomic E-state index is 12.8. The molecular formula is C19H22O3. The van der Waals surface area contributed by atoms with Gasteiger partial charge in [0, 0.05) is 24.7 Å². The highest BCUT2D eigenvalue weighted by atomic mass is 16.2. The van der Waals surface area contributed by atoms with E-state index in [1.165, 1.54) is 5.56 Å². The van der Waals surface area contributed by atoms with Gasteiger partial charge in [0.05, 0.1) is 0 Å². The van der Waals surface area contributed by atoms with Crippen molar-refractivity contribution < 1.29 is 14.4 Å². The molecule has 3 nitrogen and oxygen atoms in total. The Balaban J connectivity index is 2.11. The highest BCUT2D eigenvalue weighted by Crippen LogP contribution is 2.46. The van der Waals surface area contributed by atoms with E-state index >= 15 is 0 Å². The lowest BCUT2D eigenvalue weighted by atomic mass is 9.83. The molecule has 2 fully saturated rings. The average molecular weight is 298 g/mol. The number of benzene rings is 1. The van der Waals surface area contributed by atoms with Gasteiger partial charge in [-0.1, -0.05) is 31.5 Å². The van der Waals surface area contributed by atoms with Crippen molar-refractivity contribution in [3.8, 4) is 0 Å². The molecule has 22 heavy (non-hydrogen) atoms. The minimum Gasteiger partial charge on any atom is -0.300 e. The van der Waals surface area contributed by atoms with Gasteiger partial charge in [-0.25, -0.2) is 0 Å². The lowest BCUT2D eigenvalue weighted by Crippen LogP contribution is -2.20. The molecule has 1 aromatic carbocycles. The summed E-state index contributed by atoms with van der Waals surface area (Å²) in [7, 11) is 0. The molecule has 3 rings (SSSR count). The maximum Gasteiger partial charge on any atom is 0.152 e. The van der Waals surface area contributed by atoms with Gasteiger partial charge >= 0.3 is 0 Å². The van der Waals surface area contributed by atoms with E-state index in [0.717, 1.165) is 29.5 Å². The van der Waals surface area contributed by atoms with Crippen molar-refractivity contribution in [2.24, 2.45) is 11.8 Å². The number of fused-ring (bicyclic) bond motifs is 1. The number of ketones is 3. The van der Waals surface area contributed by atoms with Crippen LogP contribution in [0.25, 0.3) is 0 Å². The summed E-state index contributed by atoms with van der Waals surface area (Å²) in [5.41, 5.74) is 4.32. The van der Waals surface area contributed by atoms with Gasteiger partial charge in [-0.15, -0.1) is 0 Å². The van der Waals surface area contributed by atoms with Crippen LogP contribution in [-0.2, 0) is 27.2 Å². The molecule has 2 aliphatic carbocycles. The van der Waals surface area contributed by atoms with E-state index in [9.17, 15) is 14.4 Å². The Morgan fingerprint density at radius 3 is 1.77 bits per heavy atom. The van der Waals surface area contributed by atoms with Crippen molar-refractivity contribution in [2.45, 2.75) is 52.4 Å². The van der Waals surface area contributed by atoms with Crippen LogP contribution in [0.3, 0.4) is 0 Å². The van der Waals surface area contributed by atoms with Gasteiger partial charge in [0.1, 0.15) is 11.7 Å². The summed E-state index contributed by atoms with van der Waals surface area (Å²) < 4.78 is 0. The topological polar surface area (TPSA) is 51.2 Å². The minimum absolute atomic E-state index is 0.0193. The number of hydrogen-bond donors (Lipinski definition) is 0. The van der Waals surface area contributed by atoms with Crippen molar-refractivity contribution >= 4 is 17.3 Å². The second kappa shape index (κ2) is 5.45. The Hall–Kier alpha value is -1.77. The number of Topliss-reactive ketones (excluding diaryl/α,β-unsaturated/α-hetero) is 3. The van der Waals surface area contributed by atoms with Gasteiger partial charge < -0.3 is 0 Å². The molecule has 0 radical (unpaired) electrons. The van der Waals surface area contributed by atoms with Gasteiger partial charge in [0.15, 0.2) is 11.6 Å². The van der Waals surface area contributed by atoms with Crippen molar-refractivity contribution in [1.82, 2.24) is 0 Å². The summed E-state index contributed by atoms with van der Waals surface area (Å²) in [6.45, 7) is 6.17. The highest BCUT2D eigenvalue weighted by Gasteiger charge is 2.54. The molecule has 0 spiro atoms. The Labute approximate surface area is 131 Å². The first-order valence-electron chi connectivity index (χ1n) is 8.19. The van der Waals surface area contributed by atoms with Crippen LogP contribution in [0.2, 0.25) is 0 Å². The first kappa shape index (κ1) is 15.1. The number of carbonyl (C=O) groups excluding carboxylic acids is 3. The number of hydrogen-bond acceptors (Lipinski definition) is 3. The highest BCUT2D eigenvalue weighted by molar-refractivity contribution is 6.19. The van der Waals surface area contributed by atoms with Crippen molar-refractivity contribution in [1.29, 1.82) is 0 Å². The van der Waals surface area contributed by atoms with E-state index in [0.29, 0.717) is 0 Å². The minimum atomic E-state index is -0.631. The molecule has 2 saturated carbocycles. The normalized spacial score (nSPS) is 27.6. The van der Waals surface area contributed by atoms with Crippen LogP contribution in [-0.4, -0.2) is 17.3 Å². The van der Waals surface area contributed by atoms with Crippen molar-refractivity contribution in [3.63, 3.8) is 0 Å². The summed E-state index contributed by atoms with van der Waals surface area (Å²) in [4.78, 5) is 37.2. The van der Waals surface area contributed by atoms with Crippen molar-refractivity contribution in [3.05, 3.63) is 34.4 Å². The number of aryl methyl sites for hydroxylation is 3. The molecule has 0 N–H and O–H groups in total. The first-order chi connectivity index (χ1) is 10.5. The zero-order valence-electron chi connectivity index (χ0n) is 13.4. The second-order valence-corrected chi connectivity index (χ2v) is 6.60. The van der Waals surface area contributed by atoms with Crippen LogP contribution >= 0.6 is 0 Å². The molecule has 3 heteroatoms. The maximum absolute atomic E-state index is 12.8. The standard InChI is InChI=1S/C19H22O3/c1-4-11-6-10(3)7-12(5-2)16(11)17-18(21)14-8-13(20)9-15(14)19(17)22/h6-7,14-15,17H,4-5,8-9H2,1-3H3. The molecule has 2 unspecified atom stereocenters. The lowest BCUT2D eigenvalue weighted by molar-refractivity contribution is -0.128. The van der Waals surface area contributed by atoms with E-state index in [1.54, 1.807) is 0 Å². The zero-order chi connectivity index (χ0) is 16.0. The fourth-order valence-electron chi connectivity index (χ4n) is 4.22. The molecule has 2 atom stereocenters. The molecule has 0 aromatic heterocycles. The van der Waals surface area contributed by atoms with Gasteiger partial charge in [-0.05, 0) is 36.5 Å². The van der Waals surface area contributed by atoms with Gasteiger partial charge in [-0.2, -0.15) is 0 Å². The molecule has 116 valence electrons. The third-order valence-electron chi connectivity index (χ3n) is 5.23. The molecular weight excluding hydrogens is 276 g/mol. The molecule has 0 saturated heterocycles. The predicted molar refractivity (Wildman–Crippen MR) is 83.9 cm³/mol. The third kappa shape index (κ3) is 2.15. The SMILES string of the molecule is CCc1cc(C)cc(CC)c1C1C(=O)C2CC(=O)CC2C1=O. The predicted octanol–water partition coefficient (Wildman–Crippen LogP) is 2.95. The Kier molecular flexibility index (Phi) is 3.75. The van der Waals surface area contributed by atoms with Crippen LogP contribution in [0.4, 0.5) is 0 Å². The largest absolute Gasteiger partial charge is 0.300 e. The Morgan fingerprint density at radius 1 is 0.909 bits per heavy atom. The molecule has 2 aliphatic rings. The lowest BCUT2D eigenvalue weighted by Gasteiger charge is -2.19. The van der Waals surface area contributed by atoms with E-state index in [2.05, 4.69) is 26.0 Å². The van der Waals surface area contributed by atoms with Gasteiger partial charge in [-0.3, -0.25) is 14.4 Å². The summed E-state index contributed by atoms with van der Waals surface area (Å²) in [6, 6.07) is 4.18. The molecule has 0 aliphatic heterocycles. The quantitative estimate of drug-likeness (QED) is 0.806. The van der Waals surface area contributed by atoms with Crippen molar-refractivity contribution in [2.75, 3.05) is 0 Å². The first-order valence-corrected chi connectivity index (χ1v) is 8.19. The van der Waals surface area contributed by atoms with Gasteiger partial charge in [0.2, 0.25) is 0 Å². The van der Waals surface area contributed by atoms with Gasteiger partial charge in [0.25, 0.3) is 0 Å². The van der Waals surface area contributed by atoms with E-state index in [-0.39, 0.29) is 42.0 Å². The summed E-state index contributed by atoms with van der Waals surface area (Å²) in [6.07, 6.45) is 2.16. The van der Waals surface area contributed by atoms with E-state index in [4.69, 9.17) is 0 Å². The number of carbonyl (C=O) groups is 3. The molecule has 0 amide bonds. The summed E-state index contributed by atoms with van der Waals surface area (Å²) >= 11 is 0. The van der Waals surface area contributed by atoms with Crippen LogP contribution in [0.5, 0.6) is 0 Å². The average Bonchev–Trinajstić information content (AvgIpc) is 2.98. The fraction of sp³-hybridized carbons (Fsp3) is 0.526. The Bertz CT molecular complexity index is 620. The molecule has 1 aromatic rings. The van der Waals surface area contributed by atoms with Crippen LogP contribution < -0.4 is 0 Å². The Morgan fingerprint density at radius 2 is 1.36 bits per heavy atom. The fourth-order valence-corrected chi connectivity index (χ4v) is 4.22. The monoisotopic (exact) mass is 298 g/mol. The zero-order valence-corrected chi connectivity index (χ0v) is 13.4. The van der Waals surface area contributed by atoms with Crippen LogP contribution in [0, 0.1) is 18.8 Å². The number of rotatable bonds is 3. The molecule has 0 bridgehead atoms. The van der Waals surface area contributed by atoms with Crippen LogP contribution in [0.15, 0.2) is 12.1 Å². The van der Waals surface area contributed by atoms with E-state index < -0.39 is 5.92 Å². The van der Waals surface area contributed by atoms with E-state index in [1.807, 2.05) is 6.92 Å².